The Morgan fingerprint density at radius 1 is 1.11 bits per heavy atom. The predicted molar refractivity (Wildman–Crippen MR) is 104 cm³/mol. The van der Waals surface area contributed by atoms with Gasteiger partial charge in [0.1, 0.15) is 11.5 Å². The Morgan fingerprint density at radius 3 is 2.26 bits per heavy atom. The van der Waals surface area contributed by atoms with Crippen LogP contribution < -0.4 is 9.47 Å². The van der Waals surface area contributed by atoms with Gasteiger partial charge in [0.05, 0.1) is 14.2 Å². The van der Waals surface area contributed by atoms with Crippen LogP contribution in [0.5, 0.6) is 11.5 Å². The molecule has 0 N–H and O–H groups in total. The number of nitrogens with zero attached hydrogens (tertiary/aromatic N) is 3. The second kappa shape index (κ2) is 8.39. The zero-order chi connectivity index (χ0) is 19.4. The third-order valence-electron chi connectivity index (χ3n) is 5.32. The van der Waals surface area contributed by atoms with Crippen LogP contribution in [0.15, 0.2) is 36.7 Å². The summed E-state index contributed by atoms with van der Waals surface area (Å²) in [5.41, 5.74) is 2.69. The lowest BCUT2D eigenvalue weighted by atomic mass is 10.1. The van der Waals surface area contributed by atoms with Crippen molar-refractivity contribution >= 4 is 5.91 Å². The van der Waals surface area contributed by atoms with Crippen molar-refractivity contribution in [2.45, 2.75) is 19.9 Å². The summed E-state index contributed by atoms with van der Waals surface area (Å²) in [6.07, 6.45) is 3.70. The molecule has 0 saturated carbocycles. The molecule has 0 aliphatic carbocycles. The van der Waals surface area contributed by atoms with Crippen molar-refractivity contribution in [1.82, 2.24) is 14.8 Å². The zero-order valence-corrected chi connectivity index (χ0v) is 16.4. The molecule has 0 spiro atoms. The van der Waals surface area contributed by atoms with Crippen molar-refractivity contribution in [3.63, 3.8) is 0 Å². The second-order valence-corrected chi connectivity index (χ2v) is 6.80. The molecule has 144 valence electrons. The smallest absolute Gasteiger partial charge is 0.254 e. The summed E-state index contributed by atoms with van der Waals surface area (Å²) >= 11 is 0. The van der Waals surface area contributed by atoms with Gasteiger partial charge in [-0.2, -0.15) is 0 Å². The van der Waals surface area contributed by atoms with Crippen LogP contribution >= 0.6 is 0 Å². The van der Waals surface area contributed by atoms with Gasteiger partial charge in [-0.05, 0) is 37.6 Å². The van der Waals surface area contributed by atoms with Crippen LogP contribution in [0.2, 0.25) is 0 Å². The lowest BCUT2D eigenvalue weighted by Crippen LogP contribution is -2.49. The topological polar surface area (TPSA) is 54.9 Å². The number of amides is 1. The van der Waals surface area contributed by atoms with Crippen molar-refractivity contribution in [3.8, 4) is 11.5 Å². The number of rotatable bonds is 5. The predicted octanol–water partition coefficient (Wildman–Crippen LogP) is 2.93. The first-order chi connectivity index (χ1) is 13.0. The summed E-state index contributed by atoms with van der Waals surface area (Å²) in [6.45, 7) is 7.17. The van der Waals surface area contributed by atoms with E-state index in [4.69, 9.17) is 9.47 Å². The fraction of sp³-hybridized carbons (Fsp3) is 0.429. The third-order valence-corrected chi connectivity index (χ3v) is 5.32. The summed E-state index contributed by atoms with van der Waals surface area (Å²) in [5, 5.41) is 0. The Kier molecular flexibility index (Phi) is 5.96. The lowest BCUT2D eigenvalue weighted by molar-refractivity contribution is 0.0581. The molecular weight excluding hydrogens is 342 g/mol. The SMILES string of the molecule is COc1cc(C(=O)N2CCN(C(C)c3cccnc3)CC2)cc(OC)c1C. The lowest BCUT2D eigenvalue weighted by Gasteiger charge is -2.38. The van der Waals surface area contributed by atoms with Gasteiger partial charge >= 0.3 is 0 Å². The van der Waals surface area contributed by atoms with E-state index in [0.29, 0.717) is 30.2 Å². The molecule has 1 aliphatic heterocycles. The highest BCUT2D eigenvalue weighted by molar-refractivity contribution is 5.95. The normalized spacial score (nSPS) is 16.1. The number of carbonyl (C=O) groups is 1. The van der Waals surface area contributed by atoms with Crippen LogP contribution in [0, 0.1) is 6.92 Å². The maximum Gasteiger partial charge on any atom is 0.254 e. The van der Waals surface area contributed by atoms with Crippen molar-refractivity contribution in [2.24, 2.45) is 0 Å². The molecule has 6 heteroatoms. The number of hydrogen-bond donors (Lipinski definition) is 0. The molecule has 0 bridgehead atoms. The van der Waals surface area contributed by atoms with E-state index >= 15 is 0 Å². The van der Waals surface area contributed by atoms with Gasteiger partial charge in [0.15, 0.2) is 0 Å². The van der Waals surface area contributed by atoms with Crippen molar-refractivity contribution in [3.05, 3.63) is 53.3 Å². The van der Waals surface area contributed by atoms with Gasteiger partial charge in [-0.15, -0.1) is 0 Å². The average molecular weight is 369 g/mol. The number of piperazine rings is 1. The van der Waals surface area contributed by atoms with Crippen molar-refractivity contribution < 1.29 is 14.3 Å². The Labute approximate surface area is 160 Å². The van der Waals surface area contributed by atoms with Crippen LogP contribution in [0.1, 0.15) is 34.5 Å². The molecule has 1 saturated heterocycles. The maximum atomic E-state index is 13.0. The fourth-order valence-electron chi connectivity index (χ4n) is 3.54. The van der Waals surface area contributed by atoms with E-state index in [9.17, 15) is 4.79 Å². The second-order valence-electron chi connectivity index (χ2n) is 6.80. The van der Waals surface area contributed by atoms with Gasteiger partial charge in [-0.1, -0.05) is 6.07 Å². The highest BCUT2D eigenvalue weighted by Crippen LogP contribution is 2.30. The van der Waals surface area contributed by atoms with Crippen LogP contribution in [0.25, 0.3) is 0 Å². The molecule has 6 nitrogen and oxygen atoms in total. The molecule has 1 atom stereocenters. The molecule has 1 unspecified atom stereocenters. The van der Waals surface area contributed by atoms with Gasteiger partial charge in [0.2, 0.25) is 0 Å². The maximum absolute atomic E-state index is 13.0. The number of aromatic nitrogens is 1. The van der Waals surface area contributed by atoms with Crippen LogP contribution in [-0.2, 0) is 0 Å². The molecule has 3 rings (SSSR count). The summed E-state index contributed by atoms with van der Waals surface area (Å²) in [4.78, 5) is 21.5. The number of methoxy groups -OCH3 is 2. The van der Waals surface area contributed by atoms with Crippen molar-refractivity contribution in [2.75, 3.05) is 40.4 Å². The number of hydrogen-bond acceptors (Lipinski definition) is 5. The molecule has 1 amide bonds. The minimum atomic E-state index is 0.0141. The number of ether oxygens (including phenoxy) is 2. The first kappa shape index (κ1) is 19.2. The first-order valence-electron chi connectivity index (χ1n) is 9.21. The van der Waals surface area contributed by atoms with E-state index in [1.807, 2.05) is 24.1 Å². The Hall–Kier alpha value is -2.60. The summed E-state index contributed by atoms with van der Waals surface area (Å²) in [7, 11) is 3.21. The highest BCUT2D eigenvalue weighted by Gasteiger charge is 2.26. The Morgan fingerprint density at radius 2 is 1.74 bits per heavy atom. The van der Waals surface area contributed by atoms with Crippen LogP contribution in [0.4, 0.5) is 0 Å². The molecule has 27 heavy (non-hydrogen) atoms. The molecule has 2 heterocycles. The van der Waals surface area contributed by atoms with E-state index in [2.05, 4.69) is 22.9 Å². The van der Waals surface area contributed by atoms with Gasteiger partial charge in [0, 0.05) is 55.7 Å². The molecule has 1 aliphatic rings. The number of pyridine rings is 1. The molecule has 0 radical (unpaired) electrons. The van der Waals surface area contributed by atoms with Crippen LogP contribution in [-0.4, -0.2) is 61.1 Å². The highest BCUT2D eigenvalue weighted by atomic mass is 16.5. The molecule has 1 fully saturated rings. The van der Waals surface area contributed by atoms with E-state index in [0.717, 1.165) is 18.7 Å². The molecule has 2 aromatic rings. The van der Waals surface area contributed by atoms with E-state index < -0.39 is 0 Å². The number of benzene rings is 1. The van der Waals surface area contributed by atoms with Gasteiger partial charge in [-0.25, -0.2) is 0 Å². The van der Waals surface area contributed by atoms with E-state index in [1.165, 1.54) is 5.56 Å². The van der Waals surface area contributed by atoms with Gasteiger partial charge < -0.3 is 14.4 Å². The van der Waals surface area contributed by atoms with Gasteiger partial charge in [0.25, 0.3) is 5.91 Å². The Bertz CT molecular complexity index is 762. The molecule has 1 aromatic heterocycles. The first-order valence-corrected chi connectivity index (χ1v) is 9.21. The average Bonchev–Trinajstić information content (AvgIpc) is 2.73. The summed E-state index contributed by atoms with van der Waals surface area (Å²) < 4.78 is 10.8. The number of carbonyl (C=O) groups excluding carboxylic acids is 1. The molecule has 1 aromatic carbocycles. The zero-order valence-electron chi connectivity index (χ0n) is 16.4. The van der Waals surface area contributed by atoms with Crippen molar-refractivity contribution in [1.29, 1.82) is 0 Å². The van der Waals surface area contributed by atoms with E-state index in [1.54, 1.807) is 32.5 Å². The van der Waals surface area contributed by atoms with Crippen LogP contribution in [0.3, 0.4) is 0 Å². The summed E-state index contributed by atoms with van der Waals surface area (Å²) in [6, 6.07) is 7.94. The standard InChI is InChI=1S/C21H27N3O3/c1-15-19(26-3)12-18(13-20(15)27-4)21(25)24-10-8-23(9-11-24)16(2)17-6-5-7-22-14-17/h5-7,12-14,16H,8-11H2,1-4H3. The summed E-state index contributed by atoms with van der Waals surface area (Å²) in [5.74, 6) is 1.35. The Balaban J connectivity index is 1.68. The largest absolute Gasteiger partial charge is 0.496 e. The quantitative estimate of drug-likeness (QED) is 0.811. The minimum absolute atomic E-state index is 0.0141. The molecular formula is C21H27N3O3. The van der Waals surface area contributed by atoms with Gasteiger partial charge in [-0.3, -0.25) is 14.7 Å². The van der Waals surface area contributed by atoms with E-state index in [-0.39, 0.29) is 11.9 Å². The monoisotopic (exact) mass is 369 g/mol. The fourth-order valence-corrected chi connectivity index (χ4v) is 3.54. The third kappa shape index (κ3) is 4.06. The minimum Gasteiger partial charge on any atom is -0.496 e.